The highest BCUT2D eigenvalue weighted by molar-refractivity contribution is 7.12. The molecule has 4 heteroatoms. The van der Waals surface area contributed by atoms with Gasteiger partial charge in [-0.1, -0.05) is 18.2 Å². The Morgan fingerprint density at radius 1 is 1.29 bits per heavy atom. The normalized spacial score (nSPS) is 12.5. The minimum absolute atomic E-state index is 0.0540. The number of aromatic amines is 1. The molecule has 0 fully saturated rings. The van der Waals surface area contributed by atoms with E-state index >= 15 is 0 Å². The summed E-state index contributed by atoms with van der Waals surface area (Å²) in [6, 6.07) is 12.3. The third-order valence-corrected chi connectivity index (χ3v) is 4.77. The first-order valence-electron chi connectivity index (χ1n) is 7.04. The van der Waals surface area contributed by atoms with Crippen LogP contribution >= 0.6 is 11.3 Å². The maximum absolute atomic E-state index is 12.2. The number of nitrogens with one attached hydrogen (secondary N) is 2. The molecule has 1 atom stereocenters. The molecule has 1 aromatic carbocycles. The van der Waals surface area contributed by atoms with E-state index in [-0.39, 0.29) is 11.9 Å². The molecule has 0 spiro atoms. The Kier molecular flexibility index (Phi) is 3.80. The lowest BCUT2D eigenvalue weighted by atomic mass is 10.1. The third-order valence-electron chi connectivity index (χ3n) is 3.59. The fourth-order valence-electron chi connectivity index (χ4n) is 2.50. The van der Waals surface area contributed by atoms with Crippen molar-refractivity contribution >= 4 is 28.1 Å². The molecule has 2 aromatic heterocycles. The average molecular weight is 298 g/mol. The van der Waals surface area contributed by atoms with Gasteiger partial charge in [0.25, 0.3) is 0 Å². The van der Waals surface area contributed by atoms with Crippen LogP contribution in [-0.4, -0.2) is 10.9 Å². The largest absolute Gasteiger partial charge is 0.361 e. The smallest absolute Gasteiger partial charge is 0.224 e. The van der Waals surface area contributed by atoms with E-state index in [2.05, 4.69) is 29.4 Å². The van der Waals surface area contributed by atoms with Gasteiger partial charge in [-0.05, 0) is 37.6 Å². The number of thiophene rings is 1. The molecule has 3 aromatic rings. The van der Waals surface area contributed by atoms with Crippen molar-refractivity contribution in [3.63, 3.8) is 0 Å². The van der Waals surface area contributed by atoms with E-state index in [9.17, 15) is 4.79 Å². The monoisotopic (exact) mass is 298 g/mol. The molecule has 3 nitrogen and oxygen atoms in total. The number of carbonyl (C=O) groups is 1. The third kappa shape index (κ3) is 3.00. The first-order valence-corrected chi connectivity index (χ1v) is 7.86. The topological polar surface area (TPSA) is 44.9 Å². The second-order valence-corrected chi connectivity index (χ2v) is 6.59. The summed E-state index contributed by atoms with van der Waals surface area (Å²) in [7, 11) is 0. The lowest BCUT2D eigenvalue weighted by Crippen LogP contribution is -2.27. The Bertz CT molecular complexity index is 772. The Balaban J connectivity index is 1.69. The van der Waals surface area contributed by atoms with E-state index in [1.807, 2.05) is 37.4 Å². The van der Waals surface area contributed by atoms with Crippen molar-refractivity contribution in [2.75, 3.05) is 0 Å². The van der Waals surface area contributed by atoms with E-state index in [4.69, 9.17) is 0 Å². The number of hydrogen-bond donors (Lipinski definition) is 2. The fraction of sp³-hybridized carbons (Fsp3) is 0.235. The van der Waals surface area contributed by atoms with Crippen LogP contribution in [0.3, 0.4) is 0 Å². The first kappa shape index (κ1) is 13.9. The van der Waals surface area contributed by atoms with Crippen molar-refractivity contribution in [3.05, 3.63) is 57.9 Å². The van der Waals surface area contributed by atoms with Crippen LogP contribution in [0.2, 0.25) is 0 Å². The minimum atomic E-state index is 0.0540. The highest BCUT2D eigenvalue weighted by Crippen LogP contribution is 2.23. The molecule has 0 bridgehead atoms. The maximum Gasteiger partial charge on any atom is 0.224 e. The molecule has 0 aliphatic rings. The number of para-hydroxylation sites is 1. The summed E-state index contributed by atoms with van der Waals surface area (Å²) < 4.78 is 0. The van der Waals surface area contributed by atoms with Gasteiger partial charge in [0.1, 0.15) is 0 Å². The Labute approximate surface area is 128 Å². The van der Waals surface area contributed by atoms with Crippen LogP contribution in [0.1, 0.15) is 28.3 Å². The Morgan fingerprint density at radius 3 is 2.86 bits per heavy atom. The van der Waals surface area contributed by atoms with Gasteiger partial charge in [0.15, 0.2) is 0 Å². The number of fused-ring (bicyclic) bond motifs is 1. The lowest BCUT2D eigenvalue weighted by Gasteiger charge is -2.12. The van der Waals surface area contributed by atoms with Crippen LogP contribution < -0.4 is 5.32 Å². The summed E-state index contributed by atoms with van der Waals surface area (Å²) in [6.45, 7) is 4.10. The van der Waals surface area contributed by atoms with Gasteiger partial charge in [-0.15, -0.1) is 11.3 Å². The van der Waals surface area contributed by atoms with E-state index in [0.717, 1.165) is 16.5 Å². The molecule has 0 radical (unpaired) electrons. The van der Waals surface area contributed by atoms with Gasteiger partial charge in [0, 0.05) is 26.9 Å². The highest BCUT2D eigenvalue weighted by Gasteiger charge is 2.13. The Morgan fingerprint density at radius 2 is 2.10 bits per heavy atom. The molecule has 108 valence electrons. The van der Waals surface area contributed by atoms with Crippen molar-refractivity contribution in [3.8, 4) is 0 Å². The van der Waals surface area contributed by atoms with Gasteiger partial charge < -0.3 is 10.3 Å². The zero-order chi connectivity index (χ0) is 14.8. The summed E-state index contributed by atoms with van der Waals surface area (Å²) in [5.41, 5.74) is 2.11. The van der Waals surface area contributed by atoms with Crippen LogP contribution in [0.4, 0.5) is 0 Å². The van der Waals surface area contributed by atoms with E-state index < -0.39 is 0 Å². The molecule has 3 rings (SSSR count). The number of rotatable bonds is 4. The van der Waals surface area contributed by atoms with Crippen molar-refractivity contribution in [2.45, 2.75) is 26.3 Å². The van der Waals surface area contributed by atoms with Gasteiger partial charge in [-0.25, -0.2) is 0 Å². The van der Waals surface area contributed by atoms with Gasteiger partial charge >= 0.3 is 0 Å². The lowest BCUT2D eigenvalue weighted by molar-refractivity contribution is -0.121. The molecular formula is C17H18N2OS. The van der Waals surface area contributed by atoms with Gasteiger partial charge in [0.05, 0.1) is 12.5 Å². The second kappa shape index (κ2) is 5.74. The molecule has 2 N–H and O–H groups in total. The van der Waals surface area contributed by atoms with Crippen LogP contribution in [0, 0.1) is 6.92 Å². The van der Waals surface area contributed by atoms with Crippen LogP contribution in [0.15, 0.2) is 42.6 Å². The molecule has 1 amide bonds. The number of amides is 1. The van der Waals surface area contributed by atoms with Gasteiger partial charge in [-0.3, -0.25) is 4.79 Å². The van der Waals surface area contributed by atoms with Crippen LogP contribution in [-0.2, 0) is 11.2 Å². The van der Waals surface area contributed by atoms with Crippen molar-refractivity contribution in [2.24, 2.45) is 0 Å². The van der Waals surface area contributed by atoms with Crippen LogP contribution in [0.25, 0.3) is 10.9 Å². The molecule has 21 heavy (non-hydrogen) atoms. The van der Waals surface area contributed by atoms with Crippen molar-refractivity contribution in [1.29, 1.82) is 0 Å². The predicted molar refractivity (Wildman–Crippen MR) is 87.6 cm³/mol. The summed E-state index contributed by atoms with van der Waals surface area (Å²) in [6.07, 6.45) is 2.32. The van der Waals surface area contributed by atoms with E-state index in [0.29, 0.717) is 6.42 Å². The highest BCUT2D eigenvalue weighted by atomic mass is 32.1. The van der Waals surface area contributed by atoms with Crippen molar-refractivity contribution in [1.82, 2.24) is 10.3 Å². The summed E-state index contributed by atoms with van der Waals surface area (Å²) in [5, 5.41) is 4.19. The molecule has 0 aliphatic carbocycles. The zero-order valence-corrected chi connectivity index (χ0v) is 13.0. The summed E-state index contributed by atoms with van der Waals surface area (Å²) >= 11 is 1.73. The number of H-pyrrole nitrogens is 1. The number of benzene rings is 1. The fourth-order valence-corrected chi connectivity index (χ4v) is 3.38. The summed E-state index contributed by atoms with van der Waals surface area (Å²) in [5.74, 6) is 0.0540. The molecular weight excluding hydrogens is 280 g/mol. The SMILES string of the molecule is Cc1ccc(C(C)NC(=O)Cc2c[nH]c3ccccc23)s1. The number of hydrogen-bond acceptors (Lipinski definition) is 2. The second-order valence-electron chi connectivity index (χ2n) is 5.27. The quantitative estimate of drug-likeness (QED) is 0.752. The molecule has 0 saturated heterocycles. The van der Waals surface area contributed by atoms with E-state index in [1.165, 1.54) is 9.75 Å². The zero-order valence-electron chi connectivity index (χ0n) is 12.1. The van der Waals surface area contributed by atoms with Crippen molar-refractivity contribution < 1.29 is 4.79 Å². The number of carbonyl (C=O) groups excluding carboxylic acids is 1. The minimum Gasteiger partial charge on any atom is -0.361 e. The average Bonchev–Trinajstić information content (AvgIpc) is 3.06. The predicted octanol–water partition coefficient (Wildman–Crippen LogP) is 3.96. The van der Waals surface area contributed by atoms with Crippen LogP contribution in [0.5, 0.6) is 0 Å². The number of aromatic nitrogens is 1. The van der Waals surface area contributed by atoms with Gasteiger partial charge in [0.2, 0.25) is 5.91 Å². The van der Waals surface area contributed by atoms with Gasteiger partial charge in [-0.2, -0.15) is 0 Å². The first-order chi connectivity index (χ1) is 10.1. The van der Waals surface area contributed by atoms with E-state index in [1.54, 1.807) is 11.3 Å². The maximum atomic E-state index is 12.2. The molecule has 2 heterocycles. The standard InChI is InChI=1S/C17H18N2OS/c1-11-7-8-16(21-11)12(2)19-17(20)9-13-10-18-15-6-4-3-5-14(13)15/h3-8,10,12,18H,9H2,1-2H3,(H,19,20). The molecule has 0 aliphatic heterocycles. The molecule has 0 saturated carbocycles. The molecule has 1 unspecified atom stereocenters. The summed E-state index contributed by atoms with van der Waals surface area (Å²) in [4.78, 5) is 17.9. The number of aryl methyl sites for hydroxylation is 1. The Hall–Kier alpha value is -2.07.